The van der Waals surface area contributed by atoms with Gasteiger partial charge in [0.05, 0.1) is 29.4 Å². The average molecular weight is 803 g/mol. The largest absolute Gasteiger partial charge is 0.444 e. The predicted molar refractivity (Wildman–Crippen MR) is 225 cm³/mol. The second kappa shape index (κ2) is 17.4. The molecule has 3 N–H and O–H groups in total. The lowest BCUT2D eigenvalue weighted by atomic mass is 9.98. The molecule has 3 amide bonds. The highest BCUT2D eigenvalue weighted by molar-refractivity contribution is 7.91. The number of aromatic nitrogens is 2. The molecule has 2 saturated heterocycles. The number of rotatable bonds is 10. The molecule has 2 aliphatic heterocycles. The van der Waals surface area contributed by atoms with Gasteiger partial charge in [-0.25, -0.2) is 18.2 Å². The van der Waals surface area contributed by atoms with E-state index in [-0.39, 0.29) is 29.4 Å². The van der Waals surface area contributed by atoms with Crippen molar-refractivity contribution in [3.63, 3.8) is 0 Å². The summed E-state index contributed by atoms with van der Waals surface area (Å²) >= 11 is 0. The van der Waals surface area contributed by atoms with Gasteiger partial charge in [-0.05, 0) is 92.1 Å². The Morgan fingerprint density at radius 1 is 0.828 bits per heavy atom. The SMILES string of the molecule is CC(C)(C)OC(=O)N[C@H](C(=O)N1CCCC[C@H]1c1ncc(-c2ccc(-c3ccc(C(=O)Nc4ccc(CN5CCS(=O)(=O)CC5)cc4)cc3)cc2)[nH]1)c1ccccc1. The van der Waals surface area contributed by atoms with Crippen LogP contribution in [-0.2, 0) is 25.9 Å². The zero-order valence-electron chi connectivity index (χ0n) is 33.1. The van der Waals surface area contributed by atoms with Gasteiger partial charge in [0.1, 0.15) is 17.5 Å². The first kappa shape index (κ1) is 40.4. The Hall–Kier alpha value is -5.79. The minimum absolute atomic E-state index is 0.194. The second-order valence-corrected chi connectivity index (χ2v) is 18.3. The van der Waals surface area contributed by atoms with Gasteiger partial charge in [-0.3, -0.25) is 14.5 Å². The Morgan fingerprint density at radius 3 is 2.12 bits per heavy atom. The van der Waals surface area contributed by atoms with E-state index < -0.39 is 27.6 Å². The van der Waals surface area contributed by atoms with Crippen LogP contribution in [0, 0.1) is 0 Å². The number of carbonyl (C=O) groups excluding carboxylic acids is 3. The van der Waals surface area contributed by atoms with Gasteiger partial charge >= 0.3 is 6.09 Å². The molecule has 0 radical (unpaired) electrons. The molecule has 7 rings (SSSR count). The number of carbonyl (C=O) groups is 3. The van der Waals surface area contributed by atoms with Crippen molar-refractivity contribution in [2.45, 2.75) is 64.3 Å². The lowest BCUT2D eigenvalue weighted by Crippen LogP contribution is -2.47. The zero-order chi connectivity index (χ0) is 40.9. The number of ether oxygens (including phenoxy) is 1. The maximum Gasteiger partial charge on any atom is 0.408 e. The molecule has 0 unspecified atom stereocenters. The molecule has 58 heavy (non-hydrogen) atoms. The lowest BCUT2D eigenvalue weighted by Gasteiger charge is -2.37. The summed E-state index contributed by atoms with van der Waals surface area (Å²) in [7, 11) is -2.92. The summed E-state index contributed by atoms with van der Waals surface area (Å²) in [6.07, 6.45) is 3.67. The monoisotopic (exact) mass is 802 g/mol. The zero-order valence-corrected chi connectivity index (χ0v) is 33.9. The Bertz CT molecular complexity index is 2310. The van der Waals surface area contributed by atoms with E-state index >= 15 is 0 Å². The first-order chi connectivity index (χ1) is 27.8. The number of benzene rings is 4. The van der Waals surface area contributed by atoms with E-state index in [2.05, 4.69) is 20.5 Å². The van der Waals surface area contributed by atoms with Gasteiger partial charge in [-0.2, -0.15) is 0 Å². The van der Waals surface area contributed by atoms with Gasteiger partial charge in [-0.1, -0.05) is 78.9 Å². The van der Waals surface area contributed by atoms with Crippen LogP contribution in [0.3, 0.4) is 0 Å². The lowest BCUT2D eigenvalue weighted by molar-refractivity contribution is -0.137. The molecule has 2 fully saturated rings. The van der Waals surface area contributed by atoms with E-state index in [0.717, 1.165) is 47.2 Å². The number of alkyl carbamates (subject to hydrolysis) is 1. The summed E-state index contributed by atoms with van der Waals surface area (Å²) in [5, 5.41) is 5.79. The van der Waals surface area contributed by atoms with Crippen LogP contribution in [0.4, 0.5) is 10.5 Å². The number of aromatic amines is 1. The summed E-state index contributed by atoms with van der Waals surface area (Å²) in [5.74, 6) is 0.657. The Morgan fingerprint density at radius 2 is 1.47 bits per heavy atom. The Kier molecular flexibility index (Phi) is 12.1. The normalized spacial score (nSPS) is 17.6. The third-order valence-corrected chi connectivity index (χ3v) is 12.1. The molecular weight excluding hydrogens is 753 g/mol. The van der Waals surface area contributed by atoms with Crippen LogP contribution >= 0.6 is 0 Å². The Labute approximate surface area is 339 Å². The minimum Gasteiger partial charge on any atom is -0.444 e. The second-order valence-electron chi connectivity index (χ2n) is 15.9. The highest BCUT2D eigenvalue weighted by atomic mass is 32.2. The molecule has 0 saturated carbocycles. The minimum atomic E-state index is -2.92. The van der Waals surface area contributed by atoms with Crippen LogP contribution in [0.1, 0.15) is 79.4 Å². The van der Waals surface area contributed by atoms with Crippen molar-refractivity contribution < 1.29 is 27.5 Å². The molecule has 2 aliphatic rings. The topological polar surface area (TPSA) is 154 Å². The number of piperidine rings is 1. The molecular formula is C45H50N6O6S. The van der Waals surface area contributed by atoms with Crippen molar-refractivity contribution in [1.29, 1.82) is 0 Å². The number of imidazole rings is 1. The number of nitrogens with one attached hydrogen (secondary N) is 3. The van der Waals surface area contributed by atoms with E-state index in [1.54, 1.807) is 39.1 Å². The number of H-pyrrole nitrogens is 1. The highest BCUT2D eigenvalue weighted by Crippen LogP contribution is 2.34. The number of amides is 3. The maximum atomic E-state index is 14.2. The van der Waals surface area contributed by atoms with Crippen molar-refractivity contribution in [2.24, 2.45) is 0 Å². The molecule has 302 valence electrons. The quantitative estimate of drug-likeness (QED) is 0.131. The van der Waals surface area contributed by atoms with Crippen molar-refractivity contribution in [3.05, 3.63) is 132 Å². The molecule has 4 aromatic carbocycles. The van der Waals surface area contributed by atoms with Crippen molar-refractivity contribution >= 4 is 33.4 Å². The number of likely N-dealkylation sites (tertiary alicyclic amines) is 1. The van der Waals surface area contributed by atoms with Gasteiger partial charge in [0.15, 0.2) is 9.84 Å². The van der Waals surface area contributed by atoms with Crippen LogP contribution in [0.2, 0.25) is 0 Å². The molecule has 0 bridgehead atoms. The number of nitrogens with zero attached hydrogens (tertiary/aromatic N) is 3. The van der Waals surface area contributed by atoms with Gasteiger partial charge in [0, 0.05) is 37.4 Å². The first-order valence-corrected chi connectivity index (χ1v) is 21.6. The highest BCUT2D eigenvalue weighted by Gasteiger charge is 2.36. The van der Waals surface area contributed by atoms with Crippen molar-refractivity contribution in [1.82, 2.24) is 25.1 Å². The predicted octanol–water partition coefficient (Wildman–Crippen LogP) is 7.55. The van der Waals surface area contributed by atoms with E-state index in [1.807, 2.05) is 95.9 Å². The summed E-state index contributed by atoms with van der Waals surface area (Å²) in [4.78, 5) is 52.3. The number of sulfone groups is 1. The van der Waals surface area contributed by atoms with E-state index in [1.165, 1.54) is 0 Å². The van der Waals surface area contributed by atoms with Gasteiger partial charge < -0.3 is 25.3 Å². The molecule has 3 heterocycles. The van der Waals surface area contributed by atoms with E-state index in [9.17, 15) is 22.8 Å². The Balaban J connectivity index is 0.976. The molecule has 12 nitrogen and oxygen atoms in total. The average Bonchev–Trinajstić information content (AvgIpc) is 3.71. The molecule has 0 spiro atoms. The van der Waals surface area contributed by atoms with E-state index in [0.29, 0.717) is 48.8 Å². The molecule has 1 aromatic heterocycles. The fourth-order valence-electron chi connectivity index (χ4n) is 7.38. The van der Waals surface area contributed by atoms with Crippen molar-refractivity contribution in [2.75, 3.05) is 36.5 Å². The summed E-state index contributed by atoms with van der Waals surface area (Å²) in [6.45, 7) is 7.64. The number of hydrogen-bond acceptors (Lipinski definition) is 8. The van der Waals surface area contributed by atoms with Crippen molar-refractivity contribution in [3.8, 4) is 22.4 Å². The smallest absolute Gasteiger partial charge is 0.408 e. The van der Waals surface area contributed by atoms with Crippen LogP contribution in [-0.4, -0.2) is 82.8 Å². The fraction of sp³-hybridized carbons (Fsp3) is 0.333. The third-order valence-electron chi connectivity index (χ3n) is 10.5. The standard InChI is InChI=1S/C45H50N6O6S/c1-45(2,3)57-44(54)49-40(35-9-5-4-6-10-35)43(53)51-24-8-7-11-39(51)41-46-29-38(48-41)34-18-14-32(15-19-34)33-16-20-36(21-17-33)42(52)47-37-22-12-31(13-23-37)30-50-25-27-58(55,56)28-26-50/h4-6,9-10,12-23,29,39-40H,7-8,11,24-28,30H2,1-3H3,(H,46,48)(H,47,52)(H,49,54)/t39-,40-/m0/s1. The molecule has 5 aromatic rings. The van der Waals surface area contributed by atoms with Gasteiger partial charge in [0.25, 0.3) is 11.8 Å². The van der Waals surface area contributed by atoms with Crippen LogP contribution in [0.5, 0.6) is 0 Å². The number of hydrogen-bond donors (Lipinski definition) is 3. The first-order valence-electron chi connectivity index (χ1n) is 19.7. The van der Waals surface area contributed by atoms with Gasteiger partial charge in [-0.15, -0.1) is 0 Å². The van der Waals surface area contributed by atoms with E-state index in [4.69, 9.17) is 9.72 Å². The summed E-state index contributed by atoms with van der Waals surface area (Å²) in [6, 6.07) is 31.2. The molecule has 2 atom stereocenters. The molecule has 0 aliphatic carbocycles. The van der Waals surface area contributed by atoms with Crippen LogP contribution in [0.15, 0.2) is 109 Å². The third kappa shape index (κ3) is 10.2. The van der Waals surface area contributed by atoms with Crippen LogP contribution < -0.4 is 10.6 Å². The summed E-state index contributed by atoms with van der Waals surface area (Å²) < 4.78 is 29.0. The number of anilines is 1. The maximum absolute atomic E-state index is 14.2. The van der Waals surface area contributed by atoms with Gasteiger partial charge in [0.2, 0.25) is 0 Å². The molecule has 13 heteroatoms. The summed E-state index contributed by atoms with van der Waals surface area (Å²) in [5.41, 5.74) is 5.97. The fourth-order valence-corrected chi connectivity index (χ4v) is 8.65. The van der Waals surface area contributed by atoms with Crippen LogP contribution in [0.25, 0.3) is 22.4 Å².